The predicted octanol–water partition coefficient (Wildman–Crippen LogP) is 4.82. The van der Waals surface area contributed by atoms with Gasteiger partial charge < -0.3 is 9.31 Å². The van der Waals surface area contributed by atoms with Crippen LogP contribution in [-0.2, 0) is 16.0 Å². The largest absolute Gasteiger partial charge is 0.494 e. The van der Waals surface area contributed by atoms with Crippen LogP contribution in [-0.4, -0.2) is 18.3 Å². The Balaban J connectivity index is 1.85. The van der Waals surface area contributed by atoms with Crippen LogP contribution in [0.25, 0.3) is 21.0 Å². The van der Waals surface area contributed by atoms with E-state index in [4.69, 9.17) is 9.31 Å². The fourth-order valence-corrected chi connectivity index (χ4v) is 5.33. The summed E-state index contributed by atoms with van der Waals surface area (Å²) in [7, 11) is -0.566. The van der Waals surface area contributed by atoms with Gasteiger partial charge in [-0.1, -0.05) is 42.5 Å². The molecule has 1 aliphatic heterocycles. The van der Waals surface area contributed by atoms with Gasteiger partial charge in [-0.05, 0) is 50.6 Å². The molecule has 0 saturated carbocycles. The third kappa shape index (κ3) is 2.18. The van der Waals surface area contributed by atoms with E-state index in [9.17, 15) is 0 Å². The Bertz CT molecular complexity index is 894. The van der Waals surface area contributed by atoms with Crippen LogP contribution in [0.4, 0.5) is 0 Å². The van der Waals surface area contributed by atoms with Crippen molar-refractivity contribution in [3.63, 3.8) is 0 Å². The van der Waals surface area contributed by atoms with Crippen LogP contribution in [0, 0.1) is 0 Å². The standard InChI is InChI=1S/C19H22BO2P/c1-18(2)19(3,4)22-20(21-18)13-10-11-15-14-8-6-7-9-16(14)23(5)17(15)12-13/h6-12H,1-5H3. The Labute approximate surface area is 139 Å². The fourth-order valence-electron chi connectivity index (χ4n) is 3.30. The van der Waals surface area contributed by atoms with E-state index in [0.29, 0.717) is 0 Å². The molecule has 1 aliphatic rings. The maximum atomic E-state index is 6.21. The van der Waals surface area contributed by atoms with Crippen LogP contribution >= 0.6 is 7.53 Å². The molecule has 2 aromatic carbocycles. The highest BCUT2D eigenvalue weighted by molar-refractivity contribution is 7.59. The molecule has 2 heterocycles. The van der Waals surface area contributed by atoms with E-state index in [1.165, 1.54) is 21.0 Å². The Morgan fingerprint density at radius 3 is 2.13 bits per heavy atom. The van der Waals surface area contributed by atoms with Crippen LogP contribution in [0.1, 0.15) is 27.7 Å². The van der Waals surface area contributed by atoms with Gasteiger partial charge >= 0.3 is 7.12 Å². The van der Waals surface area contributed by atoms with E-state index in [0.717, 1.165) is 5.46 Å². The third-order valence-electron chi connectivity index (χ3n) is 5.46. The van der Waals surface area contributed by atoms with Crippen molar-refractivity contribution in [3.8, 4) is 0 Å². The molecule has 1 atom stereocenters. The third-order valence-corrected chi connectivity index (χ3v) is 7.67. The summed E-state index contributed by atoms with van der Waals surface area (Å²) >= 11 is 0. The van der Waals surface area contributed by atoms with Crippen molar-refractivity contribution in [2.75, 3.05) is 0 Å². The van der Waals surface area contributed by atoms with Crippen molar-refractivity contribution < 1.29 is 9.31 Å². The molecule has 1 unspecified atom stereocenters. The molecule has 0 spiro atoms. The first-order chi connectivity index (χ1) is 10.8. The van der Waals surface area contributed by atoms with Gasteiger partial charge in [0.1, 0.15) is 0 Å². The Hall–Kier alpha value is -1.28. The summed E-state index contributed by atoms with van der Waals surface area (Å²) in [4.78, 5) is 0. The Morgan fingerprint density at radius 2 is 1.43 bits per heavy atom. The molecule has 118 valence electrons. The normalized spacial score (nSPS) is 20.6. The average molecular weight is 324 g/mol. The van der Waals surface area contributed by atoms with E-state index in [1.54, 1.807) is 0 Å². The van der Waals surface area contributed by atoms with Gasteiger partial charge in [0, 0.05) is 10.2 Å². The van der Waals surface area contributed by atoms with E-state index < -0.39 is 0 Å². The molecule has 23 heavy (non-hydrogen) atoms. The topological polar surface area (TPSA) is 18.5 Å². The van der Waals surface area contributed by atoms with Gasteiger partial charge in [0.2, 0.25) is 0 Å². The lowest BCUT2D eigenvalue weighted by molar-refractivity contribution is 0.00578. The van der Waals surface area contributed by atoms with Crippen molar-refractivity contribution in [2.24, 2.45) is 6.66 Å². The first kappa shape index (κ1) is 15.3. The molecular weight excluding hydrogens is 302 g/mol. The number of benzene rings is 2. The molecule has 0 bridgehead atoms. The van der Waals surface area contributed by atoms with Crippen molar-refractivity contribution in [2.45, 2.75) is 38.9 Å². The average Bonchev–Trinajstić information content (AvgIpc) is 2.91. The van der Waals surface area contributed by atoms with Crippen LogP contribution < -0.4 is 5.46 Å². The van der Waals surface area contributed by atoms with Gasteiger partial charge in [-0.25, -0.2) is 0 Å². The molecule has 4 heteroatoms. The minimum absolute atomic E-state index is 0.280. The van der Waals surface area contributed by atoms with Crippen molar-refractivity contribution in [1.82, 2.24) is 0 Å². The number of hydrogen-bond acceptors (Lipinski definition) is 2. The number of fused-ring (bicyclic) bond motifs is 3. The maximum Gasteiger partial charge on any atom is 0.494 e. The van der Waals surface area contributed by atoms with Crippen LogP contribution in [0.15, 0.2) is 42.5 Å². The molecule has 0 aliphatic carbocycles. The minimum Gasteiger partial charge on any atom is -0.399 e. The summed E-state index contributed by atoms with van der Waals surface area (Å²) in [5.74, 6) is 0. The lowest BCUT2D eigenvalue weighted by Gasteiger charge is -2.32. The summed E-state index contributed by atoms with van der Waals surface area (Å²) in [6, 6.07) is 15.4. The molecule has 1 aromatic heterocycles. The van der Waals surface area contributed by atoms with Gasteiger partial charge in [0.05, 0.1) is 11.2 Å². The summed E-state index contributed by atoms with van der Waals surface area (Å²) in [5, 5.41) is 5.67. The molecule has 0 N–H and O–H groups in total. The first-order valence-corrected chi connectivity index (χ1v) is 9.92. The highest BCUT2D eigenvalue weighted by Crippen LogP contribution is 2.46. The van der Waals surface area contributed by atoms with E-state index >= 15 is 0 Å². The smallest absolute Gasteiger partial charge is 0.399 e. The zero-order valence-corrected chi connectivity index (χ0v) is 15.3. The van der Waals surface area contributed by atoms with E-state index in [-0.39, 0.29) is 25.9 Å². The summed E-state index contributed by atoms with van der Waals surface area (Å²) in [6.07, 6.45) is 0. The first-order valence-electron chi connectivity index (χ1n) is 8.13. The van der Waals surface area contributed by atoms with Crippen molar-refractivity contribution in [3.05, 3.63) is 42.5 Å². The van der Waals surface area contributed by atoms with Gasteiger partial charge in [-0.2, -0.15) is 0 Å². The van der Waals surface area contributed by atoms with E-state index in [2.05, 4.69) is 76.8 Å². The highest BCUT2D eigenvalue weighted by Gasteiger charge is 2.51. The van der Waals surface area contributed by atoms with Crippen LogP contribution in [0.3, 0.4) is 0 Å². The monoisotopic (exact) mass is 324 g/mol. The van der Waals surface area contributed by atoms with Gasteiger partial charge in [0.15, 0.2) is 0 Å². The fraction of sp³-hybridized carbons (Fsp3) is 0.368. The Kier molecular flexibility index (Phi) is 3.23. The van der Waals surface area contributed by atoms with Crippen LogP contribution in [0.5, 0.6) is 0 Å². The van der Waals surface area contributed by atoms with Gasteiger partial charge in [-0.3, -0.25) is 0 Å². The summed E-state index contributed by atoms with van der Waals surface area (Å²) < 4.78 is 12.4. The highest BCUT2D eigenvalue weighted by atomic mass is 31.1. The number of rotatable bonds is 1. The number of hydrogen-bond donors (Lipinski definition) is 0. The molecule has 0 radical (unpaired) electrons. The van der Waals surface area contributed by atoms with E-state index in [1.807, 2.05) is 0 Å². The van der Waals surface area contributed by atoms with Crippen molar-refractivity contribution >= 4 is 41.1 Å². The Morgan fingerprint density at radius 1 is 0.826 bits per heavy atom. The lowest BCUT2D eigenvalue weighted by atomic mass is 9.79. The summed E-state index contributed by atoms with van der Waals surface area (Å²) in [5.41, 5.74) is 0.539. The molecule has 4 rings (SSSR count). The second-order valence-electron chi connectivity index (χ2n) is 7.44. The summed E-state index contributed by atoms with van der Waals surface area (Å²) in [6.45, 7) is 10.7. The van der Waals surface area contributed by atoms with Gasteiger partial charge in [-0.15, -0.1) is 7.53 Å². The molecule has 1 saturated heterocycles. The van der Waals surface area contributed by atoms with Crippen LogP contribution in [0.2, 0.25) is 0 Å². The maximum absolute atomic E-state index is 6.21. The predicted molar refractivity (Wildman–Crippen MR) is 101 cm³/mol. The van der Waals surface area contributed by atoms with Crippen molar-refractivity contribution in [1.29, 1.82) is 0 Å². The second-order valence-corrected chi connectivity index (χ2v) is 9.52. The number of aryl methyl sites for hydroxylation is 1. The zero-order valence-electron chi connectivity index (χ0n) is 14.4. The molecule has 1 fully saturated rings. The minimum atomic E-state index is -0.295. The molecular formula is C19H22BO2P. The lowest BCUT2D eigenvalue weighted by Crippen LogP contribution is -2.41. The molecule has 3 aromatic rings. The molecule has 0 amide bonds. The van der Waals surface area contributed by atoms with Gasteiger partial charge in [0.25, 0.3) is 0 Å². The molecule has 2 nitrogen and oxygen atoms in total. The zero-order chi connectivity index (χ0) is 16.4. The quantitative estimate of drug-likeness (QED) is 0.598. The SMILES string of the molecule is Cp1c2ccccc2c2ccc(B3OC(C)(C)C(C)(C)O3)cc21. The second kappa shape index (κ2) is 4.86.